The van der Waals surface area contributed by atoms with Gasteiger partial charge < -0.3 is 10.6 Å². The minimum absolute atomic E-state index is 0.156. The standard InChI is InChI=1S/C11H22N2O/c1-9(2)13-7-5-10(6-8-13)3-4-11(12)14/h9-10H,3-8H2,1-2H3,(H2,12,14). The van der Waals surface area contributed by atoms with Gasteiger partial charge in [-0.3, -0.25) is 4.79 Å². The molecule has 0 radical (unpaired) electrons. The monoisotopic (exact) mass is 198 g/mol. The molecular formula is C11H22N2O. The molecule has 1 aliphatic heterocycles. The van der Waals surface area contributed by atoms with Crippen molar-refractivity contribution in [1.29, 1.82) is 0 Å². The third kappa shape index (κ3) is 3.66. The lowest BCUT2D eigenvalue weighted by atomic mass is 9.91. The highest BCUT2D eigenvalue weighted by Gasteiger charge is 2.20. The molecule has 0 saturated carbocycles. The number of nitrogens with zero attached hydrogens (tertiary/aromatic N) is 1. The first-order valence-electron chi connectivity index (χ1n) is 5.62. The number of piperidine rings is 1. The van der Waals surface area contributed by atoms with Gasteiger partial charge in [-0.05, 0) is 52.1 Å². The summed E-state index contributed by atoms with van der Waals surface area (Å²) in [5.74, 6) is 0.564. The van der Waals surface area contributed by atoms with Gasteiger partial charge in [0.2, 0.25) is 5.91 Å². The lowest BCUT2D eigenvalue weighted by Crippen LogP contribution is -2.38. The first kappa shape index (κ1) is 11.5. The van der Waals surface area contributed by atoms with Crippen LogP contribution >= 0.6 is 0 Å². The zero-order valence-corrected chi connectivity index (χ0v) is 9.33. The van der Waals surface area contributed by atoms with E-state index in [1.165, 1.54) is 25.9 Å². The third-order valence-corrected chi connectivity index (χ3v) is 3.18. The molecule has 1 aliphatic rings. The summed E-state index contributed by atoms with van der Waals surface area (Å²) in [7, 11) is 0. The maximum atomic E-state index is 10.6. The number of amides is 1. The van der Waals surface area contributed by atoms with E-state index in [0.29, 0.717) is 12.5 Å². The fourth-order valence-electron chi connectivity index (χ4n) is 2.10. The molecule has 2 N–H and O–H groups in total. The zero-order chi connectivity index (χ0) is 10.6. The maximum Gasteiger partial charge on any atom is 0.217 e. The van der Waals surface area contributed by atoms with E-state index in [9.17, 15) is 4.79 Å². The average molecular weight is 198 g/mol. The number of primary amides is 1. The molecule has 0 atom stereocenters. The Balaban J connectivity index is 2.19. The molecule has 0 spiro atoms. The van der Waals surface area contributed by atoms with Crippen molar-refractivity contribution in [3.63, 3.8) is 0 Å². The van der Waals surface area contributed by atoms with E-state index in [-0.39, 0.29) is 5.91 Å². The van der Waals surface area contributed by atoms with Crippen LogP contribution in [0.3, 0.4) is 0 Å². The summed E-state index contributed by atoms with van der Waals surface area (Å²) in [5.41, 5.74) is 5.14. The first-order valence-corrected chi connectivity index (χ1v) is 5.62. The predicted octanol–water partition coefficient (Wildman–Crippen LogP) is 1.37. The minimum Gasteiger partial charge on any atom is -0.370 e. The van der Waals surface area contributed by atoms with Crippen LogP contribution in [-0.4, -0.2) is 29.9 Å². The molecule has 0 unspecified atom stereocenters. The second-order valence-electron chi connectivity index (χ2n) is 4.58. The van der Waals surface area contributed by atoms with Crippen molar-refractivity contribution >= 4 is 5.91 Å². The molecule has 0 aliphatic carbocycles. The van der Waals surface area contributed by atoms with E-state index in [4.69, 9.17) is 5.73 Å². The number of carbonyl (C=O) groups excluding carboxylic acids is 1. The Hall–Kier alpha value is -0.570. The molecule has 14 heavy (non-hydrogen) atoms. The van der Waals surface area contributed by atoms with E-state index in [1.807, 2.05) is 0 Å². The number of hydrogen-bond acceptors (Lipinski definition) is 2. The van der Waals surface area contributed by atoms with Crippen LogP contribution in [0.4, 0.5) is 0 Å². The fraction of sp³-hybridized carbons (Fsp3) is 0.909. The Labute approximate surface area is 86.6 Å². The van der Waals surface area contributed by atoms with Crippen LogP contribution in [0.2, 0.25) is 0 Å². The topological polar surface area (TPSA) is 46.3 Å². The fourth-order valence-corrected chi connectivity index (χ4v) is 2.10. The Morgan fingerprint density at radius 1 is 1.43 bits per heavy atom. The van der Waals surface area contributed by atoms with E-state index in [0.717, 1.165) is 12.3 Å². The van der Waals surface area contributed by atoms with Crippen molar-refractivity contribution in [3.05, 3.63) is 0 Å². The van der Waals surface area contributed by atoms with Gasteiger partial charge in [-0.1, -0.05) is 0 Å². The second kappa shape index (κ2) is 5.35. The van der Waals surface area contributed by atoms with E-state index in [1.54, 1.807) is 0 Å². The van der Waals surface area contributed by atoms with E-state index < -0.39 is 0 Å². The van der Waals surface area contributed by atoms with E-state index in [2.05, 4.69) is 18.7 Å². The minimum atomic E-state index is -0.156. The summed E-state index contributed by atoms with van der Waals surface area (Å²) >= 11 is 0. The van der Waals surface area contributed by atoms with Crippen molar-refractivity contribution in [2.45, 2.75) is 45.6 Å². The highest BCUT2D eigenvalue weighted by atomic mass is 16.1. The number of nitrogens with two attached hydrogens (primary N) is 1. The van der Waals surface area contributed by atoms with Gasteiger partial charge >= 0.3 is 0 Å². The van der Waals surface area contributed by atoms with Crippen LogP contribution in [-0.2, 0) is 4.79 Å². The van der Waals surface area contributed by atoms with Crippen LogP contribution in [0.1, 0.15) is 39.5 Å². The molecule has 1 fully saturated rings. The molecule has 82 valence electrons. The molecular weight excluding hydrogens is 176 g/mol. The number of rotatable bonds is 4. The Morgan fingerprint density at radius 3 is 2.43 bits per heavy atom. The molecule has 0 aromatic rings. The molecule has 1 rings (SSSR count). The van der Waals surface area contributed by atoms with Crippen molar-refractivity contribution in [1.82, 2.24) is 4.90 Å². The molecule has 3 nitrogen and oxygen atoms in total. The summed E-state index contributed by atoms with van der Waals surface area (Å²) < 4.78 is 0. The normalized spacial score (nSPS) is 20.2. The quantitative estimate of drug-likeness (QED) is 0.741. The van der Waals surface area contributed by atoms with Gasteiger partial charge in [-0.2, -0.15) is 0 Å². The predicted molar refractivity (Wildman–Crippen MR) is 57.9 cm³/mol. The summed E-state index contributed by atoms with van der Waals surface area (Å²) in [6.07, 6.45) is 4.00. The summed E-state index contributed by atoms with van der Waals surface area (Å²) in [6.45, 7) is 6.84. The number of hydrogen-bond donors (Lipinski definition) is 1. The molecule has 1 saturated heterocycles. The molecule has 0 aromatic carbocycles. The van der Waals surface area contributed by atoms with Crippen molar-refractivity contribution in [2.24, 2.45) is 11.7 Å². The van der Waals surface area contributed by atoms with Crippen LogP contribution in [0.25, 0.3) is 0 Å². The molecule has 0 aromatic heterocycles. The van der Waals surface area contributed by atoms with Gasteiger partial charge in [-0.15, -0.1) is 0 Å². The molecule has 1 amide bonds. The lowest BCUT2D eigenvalue weighted by Gasteiger charge is -2.34. The zero-order valence-electron chi connectivity index (χ0n) is 9.33. The van der Waals surface area contributed by atoms with Gasteiger partial charge in [0, 0.05) is 12.5 Å². The van der Waals surface area contributed by atoms with Gasteiger partial charge in [0.15, 0.2) is 0 Å². The van der Waals surface area contributed by atoms with Crippen LogP contribution in [0, 0.1) is 5.92 Å². The molecule has 3 heteroatoms. The molecule has 0 bridgehead atoms. The van der Waals surface area contributed by atoms with Gasteiger partial charge in [0.05, 0.1) is 0 Å². The summed E-state index contributed by atoms with van der Waals surface area (Å²) in [6, 6.07) is 0.659. The highest BCUT2D eigenvalue weighted by molar-refractivity contribution is 5.73. The smallest absolute Gasteiger partial charge is 0.217 e. The number of likely N-dealkylation sites (tertiary alicyclic amines) is 1. The molecule has 1 heterocycles. The number of carbonyl (C=O) groups is 1. The maximum absolute atomic E-state index is 10.6. The summed E-state index contributed by atoms with van der Waals surface area (Å²) in [5, 5.41) is 0. The largest absolute Gasteiger partial charge is 0.370 e. The van der Waals surface area contributed by atoms with E-state index >= 15 is 0 Å². The van der Waals surface area contributed by atoms with Crippen molar-refractivity contribution in [2.75, 3.05) is 13.1 Å². The Kier molecular flexibility index (Phi) is 4.39. The highest BCUT2D eigenvalue weighted by Crippen LogP contribution is 2.22. The lowest BCUT2D eigenvalue weighted by molar-refractivity contribution is -0.118. The first-order chi connectivity index (χ1) is 6.59. The van der Waals surface area contributed by atoms with Crippen LogP contribution < -0.4 is 5.73 Å². The van der Waals surface area contributed by atoms with Crippen molar-refractivity contribution < 1.29 is 4.79 Å². The average Bonchev–Trinajstić information content (AvgIpc) is 2.15. The third-order valence-electron chi connectivity index (χ3n) is 3.18. The van der Waals surface area contributed by atoms with Gasteiger partial charge in [-0.25, -0.2) is 0 Å². The van der Waals surface area contributed by atoms with Gasteiger partial charge in [0.1, 0.15) is 0 Å². The Bertz CT molecular complexity index is 184. The SMILES string of the molecule is CC(C)N1CCC(CCC(N)=O)CC1. The van der Waals surface area contributed by atoms with Gasteiger partial charge in [0.25, 0.3) is 0 Å². The van der Waals surface area contributed by atoms with Crippen LogP contribution in [0.5, 0.6) is 0 Å². The second-order valence-corrected chi connectivity index (χ2v) is 4.58. The van der Waals surface area contributed by atoms with Crippen LogP contribution in [0.15, 0.2) is 0 Å². The summed E-state index contributed by atoms with van der Waals surface area (Å²) in [4.78, 5) is 13.1. The van der Waals surface area contributed by atoms with Crippen molar-refractivity contribution in [3.8, 4) is 0 Å². The Morgan fingerprint density at radius 2 is 2.00 bits per heavy atom.